The molecular weight excluding hydrogens is 268 g/mol. The van der Waals surface area contributed by atoms with Crippen molar-refractivity contribution in [1.29, 1.82) is 0 Å². The first-order chi connectivity index (χ1) is 10.3. The molecule has 21 heavy (non-hydrogen) atoms. The number of fused-ring (bicyclic) bond motifs is 1. The van der Waals surface area contributed by atoms with E-state index in [1.54, 1.807) is 24.7 Å². The highest BCUT2D eigenvalue weighted by molar-refractivity contribution is 5.72. The van der Waals surface area contributed by atoms with E-state index in [0.29, 0.717) is 11.5 Å². The molecule has 0 spiro atoms. The quantitative estimate of drug-likeness (QED) is 0.738. The number of aromatic amines is 1. The zero-order valence-electron chi connectivity index (χ0n) is 11.3. The van der Waals surface area contributed by atoms with Crippen LogP contribution in [-0.4, -0.2) is 35.0 Å². The van der Waals surface area contributed by atoms with Gasteiger partial charge >= 0.3 is 0 Å². The predicted octanol–water partition coefficient (Wildman–Crippen LogP) is 1.50. The van der Waals surface area contributed by atoms with Crippen molar-refractivity contribution in [1.82, 2.24) is 29.9 Å². The van der Waals surface area contributed by atoms with E-state index in [2.05, 4.69) is 29.9 Å². The molecule has 0 unspecified atom stereocenters. The zero-order chi connectivity index (χ0) is 14.5. The fourth-order valence-electron chi connectivity index (χ4n) is 1.67. The summed E-state index contributed by atoms with van der Waals surface area (Å²) in [5.41, 5.74) is 2.82. The molecule has 1 aliphatic carbocycles. The highest BCUT2D eigenvalue weighted by atomic mass is 16.3. The minimum absolute atomic E-state index is 0.154. The number of hydrogen-bond donors (Lipinski definition) is 2. The Morgan fingerprint density at radius 3 is 2.57 bits per heavy atom. The van der Waals surface area contributed by atoms with Gasteiger partial charge < -0.3 is 10.1 Å². The van der Waals surface area contributed by atoms with Crippen molar-refractivity contribution in [3.63, 3.8) is 0 Å². The zero-order valence-corrected chi connectivity index (χ0v) is 11.3. The molecule has 1 saturated carbocycles. The summed E-state index contributed by atoms with van der Waals surface area (Å²) in [7, 11) is 0. The van der Waals surface area contributed by atoms with Gasteiger partial charge in [0.2, 0.25) is 0 Å². The summed E-state index contributed by atoms with van der Waals surface area (Å²) in [6, 6.07) is 1.78. The molecule has 0 aliphatic heterocycles. The molecule has 7 heteroatoms. The number of nitrogens with zero attached hydrogens (tertiary/aromatic N) is 5. The van der Waals surface area contributed by atoms with Crippen molar-refractivity contribution < 1.29 is 5.11 Å². The maximum Gasteiger partial charge on any atom is 0.181 e. The van der Waals surface area contributed by atoms with E-state index in [1.165, 1.54) is 24.7 Å². The second-order valence-electron chi connectivity index (χ2n) is 4.51. The van der Waals surface area contributed by atoms with Crippen LogP contribution in [0.2, 0.25) is 0 Å². The number of imidazole rings is 1. The fraction of sp³-hybridized carbons (Fsp3) is 0.214. The van der Waals surface area contributed by atoms with Gasteiger partial charge in [0.15, 0.2) is 11.5 Å². The predicted molar refractivity (Wildman–Crippen MR) is 76.8 cm³/mol. The lowest BCUT2D eigenvalue weighted by atomic mass is 10.5. The number of aliphatic hydroxyl groups is 1. The van der Waals surface area contributed by atoms with E-state index in [0.717, 1.165) is 11.3 Å². The lowest BCUT2D eigenvalue weighted by molar-refractivity contribution is 0.272. The molecule has 3 aromatic heterocycles. The third-order valence-electron chi connectivity index (χ3n) is 2.81. The number of nitrogens with one attached hydrogen (secondary N) is 1. The Labute approximate surface area is 120 Å². The van der Waals surface area contributed by atoms with E-state index in [-0.39, 0.29) is 6.61 Å². The second-order valence-corrected chi connectivity index (χ2v) is 4.51. The number of H-pyrrole nitrogens is 1. The van der Waals surface area contributed by atoms with Crippen LogP contribution in [0.4, 0.5) is 0 Å². The van der Waals surface area contributed by atoms with Crippen LogP contribution in [-0.2, 0) is 6.61 Å². The number of aliphatic hydroxyl groups excluding tert-OH is 1. The summed E-state index contributed by atoms with van der Waals surface area (Å²) in [5, 5.41) is 8.88. The normalized spacial score (nSPS) is 12.7. The van der Waals surface area contributed by atoms with Gasteiger partial charge in [-0.2, -0.15) is 0 Å². The van der Waals surface area contributed by atoms with Crippen LogP contribution in [0.3, 0.4) is 0 Å². The number of aromatic nitrogens is 6. The molecule has 1 fully saturated rings. The molecule has 106 valence electrons. The number of hydrogen-bond acceptors (Lipinski definition) is 6. The monoisotopic (exact) mass is 282 g/mol. The Bertz CT molecular complexity index is 720. The fourth-order valence-corrected chi connectivity index (χ4v) is 1.67. The van der Waals surface area contributed by atoms with Gasteiger partial charge in [0.05, 0.1) is 6.20 Å². The molecule has 0 aromatic carbocycles. The van der Waals surface area contributed by atoms with E-state index < -0.39 is 0 Å². The molecule has 7 nitrogen and oxygen atoms in total. The van der Waals surface area contributed by atoms with Gasteiger partial charge in [-0.05, 0) is 25.0 Å². The van der Waals surface area contributed by atoms with Crippen molar-refractivity contribution in [3.05, 3.63) is 48.2 Å². The molecule has 2 N–H and O–H groups in total. The maximum atomic E-state index is 8.88. The first kappa shape index (κ1) is 13.3. The van der Waals surface area contributed by atoms with Crippen LogP contribution in [0, 0.1) is 0 Å². The van der Waals surface area contributed by atoms with Crippen molar-refractivity contribution in [3.8, 4) is 0 Å². The highest BCUT2D eigenvalue weighted by Gasteiger charge is 2.12. The first-order valence-corrected chi connectivity index (χ1v) is 6.57. The topological polar surface area (TPSA) is 100 Å². The summed E-state index contributed by atoms with van der Waals surface area (Å²) in [6.45, 7) is -0.154. The molecule has 0 amide bonds. The van der Waals surface area contributed by atoms with Crippen molar-refractivity contribution in [2.45, 2.75) is 19.4 Å². The van der Waals surface area contributed by atoms with Crippen LogP contribution >= 0.6 is 0 Å². The molecule has 3 heterocycles. The Morgan fingerprint density at radius 2 is 2.00 bits per heavy atom. The Morgan fingerprint density at radius 1 is 1.19 bits per heavy atom. The molecular formula is C14H14N6O. The maximum absolute atomic E-state index is 8.88. The summed E-state index contributed by atoms with van der Waals surface area (Å²) in [6.07, 6.45) is 10.9. The Hall–Kier alpha value is -2.67. The summed E-state index contributed by atoms with van der Waals surface area (Å²) < 4.78 is 0. The molecule has 3 aromatic rings. The molecule has 0 bridgehead atoms. The lowest BCUT2D eigenvalue weighted by Crippen LogP contribution is -1.93. The lowest BCUT2D eigenvalue weighted by Gasteiger charge is -1.91. The van der Waals surface area contributed by atoms with Gasteiger partial charge in [0.25, 0.3) is 0 Å². The minimum Gasteiger partial charge on any atom is -0.388 e. The van der Waals surface area contributed by atoms with Crippen LogP contribution in [0.15, 0.2) is 36.6 Å². The number of rotatable bonds is 2. The first-order valence-electron chi connectivity index (χ1n) is 6.57. The molecule has 0 atom stereocenters. The van der Waals surface area contributed by atoms with Crippen molar-refractivity contribution in [2.24, 2.45) is 0 Å². The largest absolute Gasteiger partial charge is 0.388 e. The summed E-state index contributed by atoms with van der Waals surface area (Å²) in [4.78, 5) is 22.9. The highest BCUT2D eigenvalue weighted by Crippen LogP contribution is 2.29. The molecule has 1 aliphatic rings. The Balaban J connectivity index is 0.000000186. The van der Waals surface area contributed by atoms with Gasteiger partial charge in [0.1, 0.15) is 24.3 Å². The molecule has 0 radical (unpaired) electrons. The molecule has 4 rings (SSSR count). The van der Waals surface area contributed by atoms with Crippen LogP contribution in [0.5, 0.6) is 0 Å². The van der Waals surface area contributed by atoms with Crippen molar-refractivity contribution >= 4 is 17.2 Å². The summed E-state index contributed by atoms with van der Waals surface area (Å²) >= 11 is 0. The van der Waals surface area contributed by atoms with E-state index in [9.17, 15) is 0 Å². The van der Waals surface area contributed by atoms with Crippen LogP contribution in [0.25, 0.3) is 17.2 Å². The summed E-state index contributed by atoms with van der Waals surface area (Å²) in [5.74, 6) is 1.22. The molecule has 0 saturated heterocycles. The van der Waals surface area contributed by atoms with Crippen LogP contribution < -0.4 is 0 Å². The van der Waals surface area contributed by atoms with E-state index in [4.69, 9.17) is 5.11 Å². The van der Waals surface area contributed by atoms with Gasteiger partial charge in [0, 0.05) is 12.4 Å². The Kier molecular flexibility index (Phi) is 3.92. The van der Waals surface area contributed by atoms with Gasteiger partial charge in [-0.25, -0.2) is 24.9 Å². The van der Waals surface area contributed by atoms with Gasteiger partial charge in [-0.15, -0.1) is 0 Å². The van der Waals surface area contributed by atoms with E-state index in [1.807, 2.05) is 6.08 Å². The minimum atomic E-state index is -0.154. The second kappa shape index (κ2) is 6.19. The van der Waals surface area contributed by atoms with Crippen LogP contribution in [0.1, 0.15) is 24.5 Å². The third kappa shape index (κ3) is 3.67. The van der Waals surface area contributed by atoms with Gasteiger partial charge in [-0.1, -0.05) is 5.57 Å². The van der Waals surface area contributed by atoms with E-state index >= 15 is 0 Å². The standard InChI is InChI=1S/C10H10N4O.C4H4N2/c15-5-9-11-4-7-10(14-9)13-8(12-7)3-6-1-2-6;1-2-5-4-6-3-1/h3-4,15H,1-2,5H2,(H,11,12,13,14);1-4H. The smallest absolute Gasteiger partial charge is 0.181 e. The van der Waals surface area contributed by atoms with Crippen molar-refractivity contribution in [2.75, 3.05) is 0 Å². The average molecular weight is 282 g/mol. The SMILES string of the molecule is OCc1ncc2[nH]c(C=C3CC3)nc2n1.c1cncnc1. The number of allylic oxidation sites excluding steroid dienone is 1. The average Bonchev–Trinajstić information content (AvgIpc) is 3.26. The van der Waals surface area contributed by atoms with Gasteiger partial charge in [-0.3, -0.25) is 0 Å². The third-order valence-corrected chi connectivity index (χ3v) is 2.81.